The van der Waals surface area contributed by atoms with E-state index in [4.69, 9.17) is 0 Å². The van der Waals surface area contributed by atoms with E-state index in [9.17, 15) is 9.18 Å². The molecule has 0 saturated carbocycles. The highest BCUT2D eigenvalue weighted by Crippen LogP contribution is 2.20. The van der Waals surface area contributed by atoms with Crippen molar-refractivity contribution in [3.05, 3.63) is 95.8 Å². The third-order valence-electron chi connectivity index (χ3n) is 6.08. The molecular formula is C27H31FN4O. The topological polar surface area (TPSA) is 47.6 Å². The summed E-state index contributed by atoms with van der Waals surface area (Å²) in [4.78, 5) is 17.2. The second-order valence-corrected chi connectivity index (χ2v) is 8.50. The maximum absolute atomic E-state index is 13.1. The van der Waals surface area contributed by atoms with Gasteiger partial charge in [-0.15, -0.1) is 0 Å². The first-order chi connectivity index (χ1) is 16.1. The molecule has 3 aromatic rings. The zero-order valence-electron chi connectivity index (χ0n) is 19.0. The van der Waals surface area contributed by atoms with Crippen molar-refractivity contribution in [3.63, 3.8) is 0 Å². The number of amides is 1. The molecule has 1 fully saturated rings. The molecule has 2 N–H and O–H groups in total. The minimum absolute atomic E-state index is 0.0423. The van der Waals surface area contributed by atoms with E-state index >= 15 is 0 Å². The Bertz CT molecular complexity index is 1020. The second-order valence-electron chi connectivity index (χ2n) is 8.50. The molecule has 0 bridgehead atoms. The predicted octanol–water partition coefficient (Wildman–Crippen LogP) is 4.44. The predicted molar refractivity (Wildman–Crippen MR) is 132 cm³/mol. The molecule has 1 aliphatic rings. The molecule has 0 spiro atoms. The fraction of sp³-hybridized carbons (Fsp3) is 0.296. The van der Waals surface area contributed by atoms with E-state index in [-0.39, 0.29) is 24.3 Å². The van der Waals surface area contributed by atoms with Crippen molar-refractivity contribution in [3.8, 4) is 0 Å². The van der Waals surface area contributed by atoms with Crippen molar-refractivity contribution >= 4 is 17.3 Å². The van der Waals surface area contributed by atoms with E-state index in [0.717, 1.165) is 44.0 Å². The van der Waals surface area contributed by atoms with Gasteiger partial charge in [0.25, 0.3) is 0 Å². The molecule has 5 nitrogen and oxygen atoms in total. The lowest BCUT2D eigenvalue weighted by atomic mass is 10.1. The summed E-state index contributed by atoms with van der Waals surface area (Å²) in [6, 6.07) is 24.9. The number of carbonyl (C=O) groups is 1. The van der Waals surface area contributed by atoms with Gasteiger partial charge in [0.1, 0.15) is 5.82 Å². The van der Waals surface area contributed by atoms with Crippen LogP contribution in [0.25, 0.3) is 0 Å². The molecule has 0 radical (unpaired) electrons. The van der Waals surface area contributed by atoms with E-state index in [1.807, 2.05) is 19.1 Å². The van der Waals surface area contributed by atoms with Crippen LogP contribution in [0.4, 0.5) is 15.8 Å². The van der Waals surface area contributed by atoms with Crippen LogP contribution in [0.5, 0.6) is 0 Å². The van der Waals surface area contributed by atoms with Gasteiger partial charge in [-0.2, -0.15) is 0 Å². The van der Waals surface area contributed by atoms with Crippen LogP contribution in [-0.2, 0) is 11.3 Å². The maximum Gasteiger partial charge on any atom is 0.238 e. The van der Waals surface area contributed by atoms with Crippen LogP contribution in [0.2, 0.25) is 0 Å². The number of carbonyl (C=O) groups excluding carboxylic acids is 1. The molecule has 0 aromatic heterocycles. The van der Waals surface area contributed by atoms with Crippen molar-refractivity contribution in [2.75, 3.05) is 42.9 Å². The number of piperazine rings is 1. The molecule has 3 aromatic carbocycles. The largest absolute Gasteiger partial charge is 0.369 e. The molecule has 172 valence electrons. The van der Waals surface area contributed by atoms with E-state index < -0.39 is 0 Å². The number of anilines is 2. The maximum atomic E-state index is 13.1. The number of nitrogens with one attached hydrogen (secondary N) is 2. The van der Waals surface area contributed by atoms with Gasteiger partial charge in [0, 0.05) is 50.1 Å². The zero-order valence-corrected chi connectivity index (χ0v) is 19.0. The fourth-order valence-electron chi connectivity index (χ4n) is 4.08. The molecule has 0 unspecified atom stereocenters. The number of nitrogens with zero attached hydrogens (tertiary/aromatic N) is 2. The summed E-state index contributed by atoms with van der Waals surface area (Å²) in [6.45, 7) is 7.18. The molecule has 0 aliphatic carbocycles. The first-order valence-electron chi connectivity index (χ1n) is 11.5. The second kappa shape index (κ2) is 11.1. The summed E-state index contributed by atoms with van der Waals surface area (Å²) in [7, 11) is 0. The minimum Gasteiger partial charge on any atom is -0.369 e. The van der Waals surface area contributed by atoms with Gasteiger partial charge in [-0.1, -0.05) is 42.5 Å². The number of hydrogen-bond acceptors (Lipinski definition) is 4. The molecule has 1 saturated heterocycles. The summed E-state index contributed by atoms with van der Waals surface area (Å²) in [6.07, 6.45) is 0. The van der Waals surface area contributed by atoms with E-state index in [0.29, 0.717) is 0 Å². The van der Waals surface area contributed by atoms with Crippen LogP contribution in [0.15, 0.2) is 78.9 Å². The standard InChI is InChI=1S/C27H31FN4O/c1-21(23-7-9-24(28)10-8-23)29-19-27(33)30-25-11-13-26(14-12-25)32-17-15-31(16-18-32)20-22-5-3-2-4-6-22/h2-14,21,29H,15-20H2,1H3,(H,30,33)/t21-/m1/s1. The number of hydrogen-bond donors (Lipinski definition) is 2. The van der Waals surface area contributed by atoms with Crippen molar-refractivity contribution in [2.45, 2.75) is 19.5 Å². The summed E-state index contributed by atoms with van der Waals surface area (Å²) in [5.41, 5.74) is 4.25. The van der Waals surface area contributed by atoms with Crippen molar-refractivity contribution in [1.29, 1.82) is 0 Å². The third-order valence-corrected chi connectivity index (χ3v) is 6.08. The fourth-order valence-corrected chi connectivity index (χ4v) is 4.08. The van der Waals surface area contributed by atoms with Gasteiger partial charge in [0.05, 0.1) is 6.54 Å². The van der Waals surface area contributed by atoms with Gasteiger partial charge < -0.3 is 15.5 Å². The lowest BCUT2D eigenvalue weighted by Crippen LogP contribution is -2.45. The Hall–Kier alpha value is -3.22. The van der Waals surface area contributed by atoms with Crippen molar-refractivity contribution in [2.24, 2.45) is 0 Å². The lowest BCUT2D eigenvalue weighted by Gasteiger charge is -2.36. The minimum atomic E-state index is -0.263. The molecule has 33 heavy (non-hydrogen) atoms. The summed E-state index contributed by atoms with van der Waals surface area (Å²) >= 11 is 0. The highest BCUT2D eigenvalue weighted by atomic mass is 19.1. The van der Waals surface area contributed by atoms with Gasteiger partial charge >= 0.3 is 0 Å². The first-order valence-corrected chi connectivity index (χ1v) is 11.5. The number of halogens is 1. The van der Waals surface area contributed by atoms with Gasteiger partial charge in [-0.3, -0.25) is 9.69 Å². The van der Waals surface area contributed by atoms with E-state index in [2.05, 4.69) is 62.9 Å². The molecule has 1 heterocycles. The Morgan fingerprint density at radius 1 is 0.909 bits per heavy atom. The van der Waals surface area contributed by atoms with Crippen molar-refractivity contribution in [1.82, 2.24) is 10.2 Å². The van der Waals surface area contributed by atoms with Crippen LogP contribution in [0.3, 0.4) is 0 Å². The zero-order chi connectivity index (χ0) is 23.0. The number of rotatable bonds is 8. The van der Waals surface area contributed by atoms with Crippen LogP contribution >= 0.6 is 0 Å². The average Bonchev–Trinajstić information content (AvgIpc) is 2.85. The summed E-state index contributed by atoms with van der Waals surface area (Å²) in [5.74, 6) is -0.368. The van der Waals surface area contributed by atoms with Gasteiger partial charge in [0.2, 0.25) is 5.91 Å². The van der Waals surface area contributed by atoms with Crippen LogP contribution < -0.4 is 15.5 Å². The first kappa shape index (κ1) is 23.0. The van der Waals surface area contributed by atoms with Crippen molar-refractivity contribution < 1.29 is 9.18 Å². The summed E-state index contributed by atoms with van der Waals surface area (Å²) < 4.78 is 13.1. The summed E-state index contributed by atoms with van der Waals surface area (Å²) in [5, 5.41) is 6.11. The smallest absolute Gasteiger partial charge is 0.238 e. The molecule has 1 amide bonds. The Labute approximate surface area is 195 Å². The van der Waals surface area contributed by atoms with Crippen LogP contribution in [0.1, 0.15) is 24.1 Å². The van der Waals surface area contributed by atoms with Gasteiger partial charge in [-0.25, -0.2) is 4.39 Å². The highest BCUT2D eigenvalue weighted by Gasteiger charge is 2.17. The average molecular weight is 447 g/mol. The quantitative estimate of drug-likeness (QED) is 0.537. The highest BCUT2D eigenvalue weighted by molar-refractivity contribution is 5.92. The van der Waals surface area contributed by atoms with E-state index in [1.165, 1.54) is 23.4 Å². The van der Waals surface area contributed by atoms with Crippen LogP contribution in [-0.4, -0.2) is 43.5 Å². The van der Waals surface area contributed by atoms with Gasteiger partial charge in [0.15, 0.2) is 0 Å². The molecule has 1 atom stereocenters. The number of benzene rings is 3. The molecule has 6 heteroatoms. The lowest BCUT2D eigenvalue weighted by molar-refractivity contribution is -0.115. The Morgan fingerprint density at radius 3 is 2.24 bits per heavy atom. The monoisotopic (exact) mass is 446 g/mol. The Morgan fingerprint density at radius 2 is 1.58 bits per heavy atom. The molecule has 1 aliphatic heterocycles. The van der Waals surface area contributed by atoms with Gasteiger partial charge in [-0.05, 0) is 54.4 Å². The van der Waals surface area contributed by atoms with E-state index in [1.54, 1.807) is 12.1 Å². The normalized spacial score (nSPS) is 15.3. The molecular weight excluding hydrogens is 415 g/mol. The SMILES string of the molecule is C[C@@H](NCC(=O)Nc1ccc(N2CCN(Cc3ccccc3)CC2)cc1)c1ccc(F)cc1. The molecule has 4 rings (SSSR count). The van der Waals surface area contributed by atoms with Crippen LogP contribution in [0, 0.1) is 5.82 Å². The Balaban J connectivity index is 1.21. The third kappa shape index (κ3) is 6.63. The Kier molecular flexibility index (Phi) is 7.70.